The fourth-order valence-electron chi connectivity index (χ4n) is 2.88. The second kappa shape index (κ2) is 8.10. The van der Waals surface area contributed by atoms with Crippen LogP contribution in [0.3, 0.4) is 0 Å². The average molecular weight is 257 g/mol. The normalized spacial score (nSPS) is 23.8. The smallest absolute Gasteiger partial charge is 0.0503 e. The van der Waals surface area contributed by atoms with Gasteiger partial charge in [-0.05, 0) is 19.3 Å². The van der Waals surface area contributed by atoms with Crippen LogP contribution in [0.2, 0.25) is 0 Å². The first-order valence-corrected chi connectivity index (χ1v) is 7.31. The van der Waals surface area contributed by atoms with E-state index in [9.17, 15) is 0 Å². The highest BCUT2D eigenvalue weighted by atomic mass is 16.5. The van der Waals surface area contributed by atoms with Crippen molar-refractivity contribution < 1.29 is 4.74 Å². The van der Waals surface area contributed by atoms with E-state index in [1.165, 1.54) is 19.5 Å². The van der Waals surface area contributed by atoms with Crippen LogP contribution in [-0.2, 0) is 4.74 Å². The fourth-order valence-corrected chi connectivity index (χ4v) is 2.88. The third-order valence-electron chi connectivity index (χ3n) is 4.36. The Kier molecular flexibility index (Phi) is 7.15. The van der Waals surface area contributed by atoms with Gasteiger partial charge in [0.15, 0.2) is 0 Å². The molecule has 1 aliphatic heterocycles. The van der Waals surface area contributed by atoms with Gasteiger partial charge < -0.3 is 10.5 Å². The maximum atomic E-state index is 5.94. The zero-order chi connectivity index (χ0) is 13.5. The monoisotopic (exact) mass is 257 g/mol. The third kappa shape index (κ3) is 4.19. The Morgan fingerprint density at radius 3 is 2.11 bits per heavy atom. The number of piperazine rings is 1. The molecule has 0 saturated carbocycles. The highest BCUT2D eigenvalue weighted by molar-refractivity contribution is 4.83. The van der Waals surface area contributed by atoms with E-state index in [0.717, 1.165) is 26.2 Å². The molecule has 4 heteroatoms. The first kappa shape index (κ1) is 15.9. The van der Waals surface area contributed by atoms with Crippen LogP contribution in [0.1, 0.15) is 27.2 Å². The van der Waals surface area contributed by atoms with Gasteiger partial charge >= 0.3 is 0 Å². The van der Waals surface area contributed by atoms with Crippen molar-refractivity contribution in [1.29, 1.82) is 0 Å². The first-order valence-electron chi connectivity index (χ1n) is 7.31. The molecular formula is C14H31N3O. The number of nitrogens with two attached hydrogens (primary N) is 1. The zero-order valence-electron chi connectivity index (χ0n) is 12.6. The molecule has 1 heterocycles. The number of nitrogens with zero attached hydrogens (tertiary/aromatic N) is 2. The number of ether oxygens (including phenoxy) is 1. The van der Waals surface area contributed by atoms with E-state index in [2.05, 4.69) is 30.6 Å². The molecule has 1 saturated heterocycles. The SMILES string of the molecule is CCC(C)N1CCN(C(CN)C(C)COC)CC1. The van der Waals surface area contributed by atoms with Crippen molar-refractivity contribution in [1.82, 2.24) is 9.80 Å². The van der Waals surface area contributed by atoms with Gasteiger partial charge in [0.2, 0.25) is 0 Å². The van der Waals surface area contributed by atoms with E-state index in [1.807, 2.05) is 0 Å². The molecule has 0 aromatic carbocycles. The van der Waals surface area contributed by atoms with Gasteiger partial charge in [-0.1, -0.05) is 13.8 Å². The van der Waals surface area contributed by atoms with E-state index >= 15 is 0 Å². The number of rotatable bonds is 7. The molecule has 4 nitrogen and oxygen atoms in total. The lowest BCUT2D eigenvalue weighted by atomic mass is 10.00. The van der Waals surface area contributed by atoms with Crippen LogP contribution in [0.5, 0.6) is 0 Å². The summed E-state index contributed by atoms with van der Waals surface area (Å²) in [6.45, 7) is 13.0. The maximum absolute atomic E-state index is 5.94. The molecule has 3 atom stereocenters. The van der Waals surface area contributed by atoms with Gasteiger partial charge in [0, 0.05) is 51.9 Å². The van der Waals surface area contributed by atoms with Crippen LogP contribution in [0.4, 0.5) is 0 Å². The zero-order valence-corrected chi connectivity index (χ0v) is 12.6. The second-order valence-corrected chi connectivity index (χ2v) is 5.56. The van der Waals surface area contributed by atoms with Crippen LogP contribution >= 0.6 is 0 Å². The van der Waals surface area contributed by atoms with Crippen molar-refractivity contribution in [2.24, 2.45) is 11.7 Å². The molecule has 0 radical (unpaired) electrons. The topological polar surface area (TPSA) is 41.7 Å². The van der Waals surface area contributed by atoms with E-state index in [1.54, 1.807) is 7.11 Å². The molecule has 0 aromatic rings. The molecule has 3 unspecified atom stereocenters. The molecule has 2 N–H and O–H groups in total. The van der Waals surface area contributed by atoms with Crippen molar-refractivity contribution >= 4 is 0 Å². The van der Waals surface area contributed by atoms with Crippen LogP contribution in [0.25, 0.3) is 0 Å². The third-order valence-corrected chi connectivity index (χ3v) is 4.36. The maximum Gasteiger partial charge on any atom is 0.0503 e. The van der Waals surface area contributed by atoms with E-state index in [4.69, 9.17) is 10.5 Å². The van der Waals surface area contributed by atoms with Gasteiger partial charge in [0.05, 0.1) is 6.61 Å². The Hall–Kier alpha value is -0.160. The molecular weight excluding hydrogens is 226 g/mol. The lowest BCUT2D eigenvalue weighted by Gasteiger charge is -2.42. The standard InChI is InChI=1S/C14H31N3O/c1-5-13(3)16-6-8-17(9-7-16)14(10-15)12(2)11-18-4/h12-14H,5-11,15H2,1-4H3. The van der Waals surface area contributed by atoms with Gasteiger partial charge in [-0.3, -0.25) is 9.80 Å². The molecule has 1 fully saturated rings. The van der Waals surface area contributed by atoms with Crippen LogP contribution in [-0.4, -0.2) is 68.3 Å². The van der Waals surface area contributed by atoms with Crippen LogP contribution in [0.15, 0.2) is 0 Å². The molecule has 0 bridgehead atoms. The molecule has 108 valence electrons. The quantitative estimate of drug-likeness (QED) is 0.739. The van der Waals surface area contributed by atoms with Crippen LogP contribution in [0, 0.1) is 5.92 Å². The summed E-state index contributed by atoms with van der Waals surface area (Å²) >= 11 is 0. The summed E-state index contributed by atoms with van der Waals surface area (Å²) in [5, 5.41) is 0. The average Bonchev–Trinajstić information content (AvgIpc) is 2.40. The Bertz CT molecular complexity index is 217. The summed E-state index contributed by atoms with van der Waals surface area (Å²) in [7, 11) is 1.77. The van der Waals surface area contributed by atoms with Crippen molar-refractivity contribution in [2.45, 2.75) is 39.3 Å². The van der Waals surface area contributed by atoms with Gasteiger partial charge in [-0.15, -0.1) is 0 Å². The number of hydrogen-bond acceptors (Lipinski definition) is 4. The Morgan fingerprint density at radius 1 is 1.11 bits per heavy atom. The largest absolute Gasteiger partial charge is 0.384 e. The van der Waals surface area contributed by atoms with E-state index in [0.29, 0.717) is 18.0 Å². The van der Waals surface area contributed by atoms with Gasteiger partial charge in [0.25, 0.3) is 0 Å². The predicted octanol–water partition coefficient (Wildman–Crippen LogP) is 1.01. The van der Waals surface area contributed by atoms with E-state index < -0.39 is 0 Å². The van der Waals surface area contributed by atoms with E-state index in [-0.39, 0.29) is 0 Å². The summed E-state index contributed by atoms with van der Waals surface area (Å²) in [5.41, 5.74) is 5.94. The van der Waals surface area contributed by atoms with Crippen molar-refractivity contribution in [3.05, 3.63) is 0 Å². The lowest BCUT2D eigenvalue weighted by molar-refractivity contribution is 0.0366. The molecule has 0 aliphatic carbocycles. The highest BCUT2D eigenvalue weighted by Gasteiger charge is 2.27. The second-order valence-electron chi connectivity index (χ2n) is 5.56. The molecule has 0 aromatic heterocycles. The number of methoxy groups -OCH3 is 1. The minimum atomic E-state index is 0.462. The molecule has 1 aliphatic rings. The minimum absolute atomic E-state index is 0.462. The fraction of sp³-hybridized carbons (Fsp3) is 1.00. The van der Waals surface area contributed by atoms with Crippen LogP contribution < -0.4 is 5.73 Å². The summed E-state index contributed by atoms with van der Waals surface area (Å²) in [5.74, 6) is 0.509. The van der Waals surface area contributed by atoms with Crippen molar-refractivity contribution in [3.63, 3.8) is 0 Å². The highest BCUT2D eigenvalue weighted by Crippen LogP contribution is 2.15. The molecule has 1 rings (SSSR count). The van der Waals surface area contributed by atoms with Gasteiger partial charge in [-0.25, -0.2) is 0 Å². The lowest BCUT2D eigenvalue weighted by Crippen LogP contribution is -2.56. The molecule has 18 heavy (non-hydrogen) atoms. The van der Waals surface area contributed by atoms with Crippen molar-refractivity contribution in [2.75, 3.05) is 46.4 Å². The van der Waals surface area contributed by atoms with Gasteiger partial charge in [0.1, 0.15) is 0 Å². The van der Waals surface area contributed by atoms with Crippen molar-refractivity contribution in [3.8, 4) is 0 Å². The van der Waals surface area contributed by atoms with Gasteiger partial charge in [-0.2, -0.15) is 0 Å². The molecule has 0 amide bonds. The Labute approximate surface area is 112 Å². The Balaban J connectivity index is 2.44. The summed E-state index contributed by atoms with van der Waals surface area (Å²) < 4.78 is 5.26. The Morgan fingerprint density at radius 2 is 1.67 bits per heavy atom. The summed E-state index contributed by atoms with van der Waals surface area (Å²) in [6.07, 6.45) is 1.24. The summed E-state index contributed by atoms with van der Waals surface area (Å²) in [4.78, 5) is 5.13. The number of hydrogen-bond donors (Lipinski definition) is 1. The first-order chi connectivity index (χ1) is 8.63. The summed E-state index contributed by atoms with van der Waals surface area (Å²) in [6, 6.07) is 1.17. The minimum Gasteiger partial charge on any atom is -0.384 e. The predicted molar refractivity (Wildman–Crippen MR) is 76.8 cm³/mol. The molecule has 0 spiro atoms.